The highest BCUT2D eigenvalue weighted by molar-refractivity contribution is 6.33. The first-order chi connectivity index (χ1) is 9.47. The summed E-state index contributed by atoms with van der Waals surface area (Å²) in [4.78, 5) is 13.8. The number of phenols is 1. The van der Waals surface area contributed by atoms with Crippen LogP contribution in [0, 0.1) is 0 Å². The van der Waals surface area contributed by atoms with E-state index in [1.807, 2.05) is 0 Å². The number of phenolic OH excluding ortho intramolecular Hbond substituents is 1. The van der Waals surface area contributed by atoms with Crippen molar-refractivity contribution in [3.8, 4) is 5.75 Å². The summed E-state index contributed by atoms with van der Waals surface area (Å²) in [7, 11) is 1.71. The molecule has 0 spiro atoms. The molecule has 0 atom stereocenters. The molecule has 0 unspecified atom stereocenters. The van der Waals surface area contributed by atoms with E-state index < -0.39 is 0 Å². The van der Waals surface area contributed by atoms with Crippen LogP contribution >= 0.6 is 11.6 Å². The standard InChI is InChI=1S/C15H15ClN2O2/c1-18(9-10-2-5-12(19)6-3-10)15(20)11-4-7-13(16)14(17)8-11/h2-8,19H,9,17H2,1H3. The fourth-order valence-electron chi connectivity index (χ4n) is 1.84. The summed E-state index contributed by atoms with van der Waals surface area (Å²) >= 11 is 5.84. The molecule has 0 bridgehead atoms. The molecule has 0 fully saturated rings. The van der Waals surface area contributed by atoms with Crippen LogP contribution in [-0.2, 0) is 6.54 Å². The number of carbonyl (C=O) groups is 1. The van der Waals surface area contributed by atoms with Crippen LogP contribution < -0.4 is 5.73 Å². The summed E-state index contributed by atoms with van der Waals surface area (Å²) in [5.74, 6) is 0.0645. The predicted octanol–water partition coefficient (Wildman–Crippen LogP) is 2.90. The Morgan fingerprint density at radius 3 is 2.50 bits per heavy atom. The normalized spacial score (nSPS) is 10.3. The van der Waals surface area contributed by atoms with Crippen LogP contribution in [0.15, 0.2) is 42.5 Å². The van der Waals surface area contributed by atoms with Crippen molar-refractivity contribution in [2.75, 3.05) is 12.8 Å². The number of amides is 1. The summed E-state index contributed by atoms with van der Waals surface area (Å²) < 4.78 is 0. The highest BCUT2D eigenvalue weighted by Gasteiger charge is 2.13. The molecule has 5 heteroatoms. The van der Waals surface area contributed by atoms with Gasteiger partial charge in [0.25, 0.3) is 5.91 Å². The highest BCUT2D eigenvalue weighted by atomic mass is 35.5. The van der Waals surface area contributed by atoms with E-state index in [1.165, 1.54) is 0 Å². The number of hydrogen-bond donors (Lipinski definition) is 2. The topological polar surface area (TPSA) is 66.6 Å². The number of anilines is 1. The number of rotatable bonds is 3. The lowest BCUT2D eigenvalue weighted by Gasteiger charge is -2.17. The Hall–Kier alpha value is -2.20. The van der Waals surface area contributed by atoms with Crippen molar-refractivity contribution in [2.45, 2.75) is 6.54 Å². The van der Waals surface area contributed by atoms with Crippen LogP contribution in [-0.4, -0.2) is 23.0 Å². The second-order valence-electron chi connectivity index (χ2n) is 4.56. The molecule has 0 heterocycles. The van der Waals surface area contributed by atoms with E-state index >= 15 is 0 Å². The summed E-state index contributed by atoms with van der Waals surface area (Å²) in [5.41, 5.74) is 7.51. The molecule has 20 heavy (non-hydrogen) atoms. The first kappa shape index (κ1) is 14.2. The van der Waals surface area contributed by atoms with Gasteiger partial charge >= 0.3 is 0 Å². The number of nitrogen functional groups attached to an aromatic ring is 1. The molecule has 0 saturated heterocycles. The van der Waals surface area contributed by atoms with E-state index in [4.69, 9.17) is 17.3 Å². The van der Waals surface area contributed by atoms with Crippen molar-refractivity contribution in [1.29, 1.82) is 0 Å². The van der Waals surface area contributed by atoms with E-state index in [9.17, 15) is 9.90 Å². The van der Waals surface area contributed by atoms with Crippen LogP contribution in [0.5, 0.6) is 5.75 Å². The molecule has 0 aromatic heterocycles. The zero-order valence-electron chi connectivity index (χ0n) is 11.0. The van der Waals surface area contributed by atoms with Crippen molar-refractivity contribution in [2.24, 2.45) is 0 Å². The summed E-state index contributed by atoms with van der Waals surface area (Å²) in [6, 6.07) is 11.6. The third-order valence-electron chi connectivity index (χ3n) is 2.95. The number of hydrogen-bond acceptors (Lipinski definition) is 3. The van der Waals surface area contributed by atoms with Gasteiger partial charge in [0.1, 0.15) is 5.75 Å². The number of nitrogens with zero attached hydrogens (tertiary/aromatic N) is 1. The average Bonchev–Trinajstić information content (AvgIpc) is 2.43. The van der Waals surface area contributed by atoms with Crippen molar-refractivity contribution >= 4 is 23.2 Å². The third kappa shape index (κ3) is 3.22. The minimum absolute atomic E-state index is 0.138. The van der Waals surface area contributed by atoms with Gasteiger partial charge in [0.05, 0.1) is 10.7 Å². The summed E-state index contributed by atoms with van der Waals surface area (Å²) in [5, 5.41) is 9.66. The molecule has 3 N–H and O–H groups in total. The second-order valence-corrected chi connectivity index (χ2v) is 4.97. The molecule has 104 valence electrons. The van der Waals surface area contributed by atoms with Gasteiger partial charge in [-0.15, -0.1) is 0 Å². The van der Waals surface area contributed by atoms with Crippen LogP contribution in [0.2, 0.25) is 5.02 Å². The van der Waals surface area contributed by atoms with Gasteiger partial charge < -0.3 is 15.7 Å². The van der Waals surface area contributed by atoms with Crippen LogP contribution in [0.4, 0.5) is 5.69 Å². The first-order valence-electron chi connectivity index (χ1n) is 6.06. The Balaban J connectivity index is 2.11. The van der Waals surface area contributed by atoms with E-state index in [-0.39, 0.29) is 11.7 Å². The number of aromatic hydroxyl groups is 1. The molecule has 0 saturated carbocycles. The molecular weight excluding hydrogens is 276 g/mol. The molecule has 0 radical (unpaired) electrons. The molecule has 0 aliphatic heterocycles. The SMILES string of the molecule is CN(Cc1ccc(O)cc1)C(=O)c1ccc(Cl)c(N)c1. The Kier molecular flexibility index (Phi) is 4.15. The molecule has 1 amide bonds. The monoisotopic (exact) mass is 290 g/mol. The number of nitrogens with two attached hydrogens (primary N) is 1. The molecule has 2 aromatic rings. The molecule has 0 aliphatic carbocycles. The maximum atomic E-state index is 12.3. The fraction of sp³-hybridized carbons (Fsp3) is 0.133. The highest BCUT2D eigenvalue weighted by Crippen LogP contribution is 2.20. The van der Waals surface area contributed by atoms with Gasteiger partial charge in [-0.2, -0.15) is 0 Å². The van der Waals surface area contributed by atoms with Gasteiger partial charge in [-0.1, -0.05) is 23.7 Å². The van der Waals surface area contributed by atoms with Crippen molar-refractivity contribution in [3.63, 3.8) is 0 Å². The average molecular weight is 291 g/mol. The Labute approximate surface area is 122 Å². The maximum Gasteiger partial charge on any atom is 0.253 e. The molecule has 2 aromatic carbocycles. The number of carbonyl (C=O) groups excluding carboxylic acids is 1. The van der Waals surface area contributed by atoms with Crippen molar-refractivity contribution in [3.05, 3.63) is 58.6 Å². The van der Waals surface area contributed by atoms with E-state index in [2.05, 4.69) is 0 Å². The number of halogens is 1. The van der Waals surface area contributed by atoms with Gasteiger partial charge in [0.15, 0.2) is 0 Å². The molecule has 0 aliphatic rings. The largest absolute Gasteiger partial charge is 0.508 e. The van der Waals surface area contributed by atoms with Crippen LogP contribution in [0.3, 0.4) is 0 Å². The van der Waals surface area contributed by atoms with E-state index in [0.717, 1.165) is 5.56 Å². The van der Waals surface area contributed by atoms with Gasteiger partial charge in [-0.25, -0.2) is 0 Å². The van der Waals surface area contributed by atoms with Gasteiger partial charge in [-0.05, 0) is 35.9 Å². The Bertz CT molecular complexity index is 626. The smallest absolute Gasteiger partial charge is 0.253 e. The van der Waals surface area contributed by atoms with E-state index in [0.29, 0.717) is 22.8 Å². The number of benzene rings is 2. The molecule has 4 nitrogen and oxygen atoms in total. The van der Waals surface area contributed by atoms with Crippen molar-refractivity contribution in [1.82, 2.24) is 4.90 Å². The van der Waals surface area contributed by atoms with Gasteiger partial charge in [0.2, 0.25) is 0 Å². The van der Waals surface area contributed by atoms with Crippen molar-refractivity contribution < 1.29 is 9.90 Å². The van der Waals surface area contributed by atoms with Crippen LogP contribution in [0.1, 0.15) is 15.9 Å². The Morgan fingerprint density at radius 1 is 1.25 bits per heavy atom. The zero-order chi connectivity index (χ0) is 14.7. The minimum Gasteiger partial charge on any atom is -0.508 e. The third-order valence-corrected chi connectivity index (χ3v) is 3.29. The lowest BCUT2D eigenvalue weighted by molar-refractivity contribution is 0.0785. The zero-order valence-corrected chi connectivity index (χ0v) is 11.8. The quantitative estimate of drug-likeness (QED) is 0.854. The lowest BCUT2D eigenvalue weighted by atomic mass is 10.1. The Morgan fingerprint density at radius 2 is 1.90 bits per heavy atom. The second kappa shape index (κ2) is 5.84. The van der Waals surface area contributed by atoms with Gasteiger partial charge in [0, 0.05) is 19.2 Å². The lowest BCUT2D eigenvalue weighted by Crippen LogP contribution is -2.26. The maximum absolute atomic E-state index is 12.3. The van der Waals surface area contributed by atoms with Gasteiger partial charge in [-0.3, -0.25) is 4.79 Å². The summed E-state index contributed by atoms with van der Waals surface area (Å²) in [6.45, 7) is 0.446. The molecule has 2 rings (SSSR count). The minimum atomic E-state index is -0.138. The predicted molar refractivity (Wildman–Crippen MR) is 79.8 cm³/mol. The fourth-order valence-corrected chi connectivity index (χ4v) is 1.96. The van der Waals surface area contributed by atoms with Crippen LogP contribution in [0.25, 0.3) is 0 Å². The van der Waals surface area contributed by atoms with E-state index in [1.54, 1.807) is 54.4 Å². The first-order valence-corrected chi connectivity index (χ1v) is 6.43. The summed E-state index contributed by atoms with van der Waals surface area (Å²) in [6.07, 6.45) is 0. The molecular formula is C15H15ClN2O2.